The van der Waals surface area contributed by atoms with Crippen LogP contribution in [0.2, 0.25) is 0 Å². The number of anilines is 1. The molecule has 3 aromatic carbocycles. The van der Waals surface area contributed by atoms with Crippen molar-refractivity contribution in [3.05, 3.63) is 96.4 Å². The number of rotatable bonds is 12. The lowest BCUT2D eigenvalue weighted by Crippen LogP contribution is -2.59. The number of amides is 4. The largest absolute Gasteiger partial charge is 0.444 e. The molecule has 0 bridgehead atoms. The van der Waals surface area contributed by atoms with E-state index in [4.69, 9.17) is 9.47 Å². The Bertz CT molecular complexity index is 1810. The number of nitrogens with one attached hydrogen (secondary N) is 3. The highest BCUT2D eigenvalue weighted by Gasteiger charge is 2.35. The van der Waals surface area contributed by atoms with Crippen LogP contribution in [0, 0.1) is 0 Å². The van der Waals surface area contributed by atoms with Crippen molar-refractivity contribution in [1.82, 2.24) is 25.1 Å². The quantitative estimate of drug-likeness (QED) is 0.187. The molecular weight excluding hydrogens is 636 g/mol. The van der Waals surface area contributed by atoms with E-state index in [1.807, 2.05) is 77.7 Å². The number of hydrogen-bond acceptors (Lipinski definition) is 7. The van der Waals surface area contributed by atoms with Crippen LogP contribution in [0.25, 0.3) is 10.8 Å². The van der Waals surface area contributed by atoms with E-state index < -0.39 is 41.1 Å². The summed E-state index contributed by atoms with van der Waals surface area (Å²) >= 11 is 0. The van der Waals surface area contributed by atoms with Gasteiger partial charge in [0, 0.05) is 19.3 Å². The zero-order chi connectivity index (χ0) is 35.9. The zero-order valence-corrected chi connectivity index (χ0v) is 29.3. The van der Waals surface area contributed by atoms with E-state index in [0.717, 1.165) is 34.7 Å². The SMILES string of the molecule is CC(C)(C)OC(=O)NC(C)(C)C(=O)NC(COCc1ccccc1)C(=O)Nc1cn(C(C(=O)N2CCCC2)c2ccc3ccccc3c2)cn1. The normalized spacial score (nSPS) is 14.5. The highest BCUT2D eigenvalue weighted by atomic mass is 16.6. The second kappa shape index (κ2) is 15.5. The van der Waals surface area contributed by atoms with E-state index in [1.165, 1.54) is 20.2 Å². The van der Waals surface area contributed by atoms with Gasteiger partial charge >= 0.3 is 6.09 Å². The fourth-order valence-electron chi connectivity index (χ4n) is 5.69. The topological polar surface area (TPSA) is 144 Å². The Hall–Kier alpha value is -5.23. The third-order valence-electron chi connectivity index (χ3n) is 8.29. The first kappa shape index (κ1) is 36.1. The van der Waals surface area contributed by atoms with Gasteiger partial charge in [-0.3, -0.25) is 14.4 Å². The van der Waals surface area contributed by atoms with Gasteiger partial charge in [0.2, 0.25) is 11.8 Å². The predicted octanol–water partition coefficient (Wildman–Crippen LogP) is 5.19. The number of alkyl carbamates (subject to hydrolysis) is 1. The molecule has 0 aliphatic carbocycles. The van der Waals surface area contributed by atoms with Gasteiger partial charge in [0.1, 0.15) is 23.2 Å². The van der Waals surface area contributed by atoms with Crippen LogP contribution in [0.4, 0.5) is 10.6 Å². The molecule has 5 rings (SSSR count). The van der Waals surface area contributed by atoms with Crippen LogP contribution in [0.3, 0.4) is 0 Å². The molecule has 2 heterocycles. The van der Waals surface area contributed by atoms with Gasteiger partial charge in [0.15, 0.2) is 5.82 Å². The van der Waals surface area contributed by atoms with Gasteiger partial charge in [0.25, 0.3) is 5.91 Å². The molecule has 0 radical (unpaired) electrons. The van der Waals surface area contributed by atoms with Crippen LogP contribution in [0.15, 0.2) is 85.3 Å². The average Bonchev–Trinajstić information content (AvgIpc) is 3.77. The molecule has 4 amide bonds. The first-order valence-electron chi connectivity index (χ1n) is 16.8. The molecule has 1 aliphatic rings. The number of hydrogen-bond donors (Lipinski definition) is 3. The predicted molar refractivity (Wildman–Crippen MR) is 190 cm³/mol. The molecule has 1 fully saturated rings. The molecule has 4 aromatic rings. The smallest absolute Gasteiger partial charge is 0.408 e. The first-order chi connectivity index (χ1) is 23.8. The summed E-state index contributed by atoms with van der Waals surface area (Å²) in [6.07, 6.45) is 4.27. The number of ether oxygens (including phenoxy) is 2. The average molecular weight is 683 g/mol. The molecule has 0 saturated carbocycles. The summed E-state index contributed by atoms with van der Waals surface area (Å²) < 4.78 is 12.9. The van der Waals surface area contributed by atoms with Crippen LogP contribution in [-0.4, -0.2) is 75.1 Å². The highest BCUT2D eigenvalue weighted by Crippen LogP contribution is 2.28. The number of aromatic nitrogens is 2. The van der Waals surface area contributed by atoms with Gasteiger partial charge in [-0.15, -0.1) is 0 Å². The number of fused-ring (bicyclic) bond motifs is 1. The minimum Gasteiger partial charge on any atom is -0.444 e. The molecule has 1 aliphatic heterocycles. The standard InChI is InChI=1S/C38H46N6O6/c1-37(2,3)50-36(48)42-38(4,5)35(47)40-30(24-49-23-26-13-7-6-8-14-26)33(45)41-31-22-44(25-39-31)32(34(46)43-19-11-12-20-43)29-18-17-27-15-9-10-16-28(27)21-29/h6-10,13-18,21-22,25,30,32H,11-12,19-20,23-24H2,1-5H3,(H,40,47)(H,41,45)(H,42,48). The van der Waals surface area contributed by atoms with Crippen molar-refractivity contribution in [1.29, 1.82) is 0 Å². The second-order valence-electron chi connectivity index (χ2n) is 14.0. The van der Waals surface area contributed by atoms with E-state index in [9.17, 15) is 19.2 Å². The van der Waals surface area contributed by atoms with E-state index in [1.54, 1.807) is 31.5 Å². The Kier molecular flexibility index (Phi) is 11.2. The molecule has 3 N–H and O–H groups in total. The number of carbonyl (C=O) groups excluding carboxylic acids is 4. The Morgan fingerprint density at radius 1 is 0.880 bits per heavy atom. The minimum absolute atomic E-state index is 0.0489. The van der Waals surface area contributed by atoms with Gasteiger partial charge in [-0.05, 0) is 75.4 Å². The summed E-state index contributed by atoms with van der Waals surface area (Å²) in [7, 11) is 0. The number of imidazole rings is 1. The zero-order valence-electron chi connectivity index (χ0n) is 29.3. The van der Waals surface area contributed by atoms with Crippen molar-refractivity contribution < 1.29 is 28.7 Å². The molecule has 2 atom stereocenters. The Balaban J connectivity index is 1.35. The minimum atomic E-state index is -1.43. The Labute approximate surface area is 292 Å². The maximum Gasteiger partial charge on any atom is 0.408 e. The van der Waals surface area contributed by atoms with Crippen LogP contribution < -0.4 is 16.0 Å². The maximum atomic E-state index is 13.9. The second-order valence-corrected chi connectivity index (χ2v) is 14.0. The maximum absolute atomic E-state index is 13.9. The van der Waals surface area contributed by atoms with Crippen molar-refractivity contribution in [2.45, 2.75) is 77.3 Å². The van der Waals surface area contributed by atoms with Crippen LogP contribution in [0.1, 0.15) is 64.6 Å². The molecule has 50 heavy (non-hydrogen) atoms. The van der Waals surface area contributed by atoms with Crippen LogP contribution in [0.5, 0.6) is 0 Å². The van der Waals surface area contributed by atoms with E-state index >= 15 is 0 Å². The van der Waals surface area contributed by atoms with Gasteiger partial charge in [-0.2, -0.15) is 0 Å². The molecule has 12 nitrogen and oxygen atoms in total. The molecule has 1 saturated heterocycles. The summed E-state index contributed by atoms with van der Waals surface area (Å²) in [5.41, 5.74) is -0.494. The lowest BCUT2D eigenvalue weighted by Gasteiger charge is -2.29. The summed E-state index contributed by atoms with van der Waals surface area (Å²) in [5, 5.41) is 10.1. The molecular formula is C38H46N6O6. The van der Waals surface area contributed by atoms with Crippen molar-refractivity contribution in [2.24, 2.45) is 0 Å². The van der Waals surface area contributed by atoms with Crippen molar-refractivity contribution >= 4 is 40.4 Å². The Morgan fingerprint density at radius 2 is 1.56 bits per heavy atom. The first-order valence-corrected chi connectivity index (χ1v) is 16.8. The monoisotopic (exact) mass is 682 g/mol. The van der Waals surface area contributed by atoms with E-state index in [-0.39, 0.29) is 24.9 Å². The molecule has 264 valence electrons. The fourth-order valence-corrected chi connectivity index (χ4v) is 5.69. The third-order valence-corrected chi connectivity index (χ3v) is 8.29. The van der Waals surface area contributed by atoms with Crippen molar-refractivity contribution in [3.8, 4) is 0 Å². The molecule has 1 aromatic heterocycles. The number of carbonyl (C=O) groups is 4. The fraction of sp³-hybridized carbons (Fsp3) is 0.395. The lowest BCUT2D eigenvalue weighted by molar-refractivity contribution is -0.132. The summed E-state index contributed by atoms with van der Waals surface area (Å²) in [6, 6.07) is 21.5. The molecule has 2 unspecified atom stereocenters. The molecule has 12 heteroatoms. The lowest BCUT2D eigenvalue weighted by atomic mass is 10.0. The molecule has 0 spiro atoms. The summed E-state index contributed by atoms with van der Waals surface area (Å²) in [4.78, 5) is 59.8. The van der Waals surface area contributed by atoms with Crippen molar-refractivity contribution in [3.63, 3.8) is 0 Å². The van der Waals surface area contributed by atoms with Crippen molar-refractivity contribution in [2.75, 3.05) is 25.0 Å². The van der Waals surface area contributed by atoms with E-state index in [2.05, 4.69) is 20.9 Å². The Morgan fingerprint density at radius 3 is 2.26 bits per heavy atom. The van der Waals surface area contributed by atoms with Gasteiger partial charge in [0.05, 0.1) is 19.5 Å². The third kappa shape index (κ3) is 9.47. The highest BCUT2D eigenvalue weighted by molar-refractivity contribution is 5.98. The summed E-state index contributed by atoms with van der Waals surface area (Å²) in [6.45, 7) is 9.60. The number of benzene rings is 3. The van der Waals surface area contributed by atoms with Gasteiger partial charge in [-0.1, -0.05) is 66.7 Å². The van der Waals surface area contributed by atoms with Crippen LogP contribution >= 0.6 is 0 Å². The van der Waals surface area contributed by atoms with Crippen LogP contribution in [-0.2, 0) is 30.5 Å². The van der Waals surface area contributed by atoms with Gasteiger partial charge < -0.3 is 34.9 Å². The number of likely N-dealkylation sites (tertiary alicyclic amines) is 1. The van der Waals surface area contributed by atoms with Gasteiger partial charge in [-0.25, -0.2) is 9.78 Å². The summed E-state index contributed by atoms with van der Waals surface area (Å²) in [5.74, 6) is -1.06. The number of nitrogens with zero attached hydrogens (tertiary/aromatic N) is 3. The van der Waals surface area contributed by atoms with E-state index in [0.29, 0.717) is 13.1 Å².